The lowest BCUT2D eigenvalue weighted by Gasteiger charge is -2.21. The van der Waals surface area contributed by atoms with E-state index in [-0.39, 0.29) is 0 Å². The van der Waals surface area contributed by atoms with Crippen LogP contribution < -0.4 is 0 Å². The summed E-state index contributed by atoms with van der Waals surface area (Å²) < 4.78 is 2.38. The zero-order chi connectivity index (χ0) is 7.28. The topological polar surface area (TPSA) is 3.24 Å². The maximum Gasteiger partial charge on any atom is 0.213 e. The SMILES string of the molecule is CCN(CC)[SiH](Cl)CC. The van der Waals surface area contributed by atoms with E-state index in [4.69, 9.17) is 11.1 Å². The molecule has 1 atom stereocenters. The van der Waals surface area contributed by atoms with Crippen LogP contribution in [0.4, 0.5) is 0 Å². The first-order valence-corrected chi connectivity index (χ1v) is 6.72. The summed E-state index contributed by atoms with van der Waals surface area (Å²) in [5.74, 6) is 0. The number of nitrogens with zero attached hydrogens (tertiary/aromatic N) is 1. The molecule has 0 saturated heterocycles. The summed E-state index contributed by atoms with van der Waals surface area (Å²) in [5.41, 5.74) is 0. The molecular weight excluding hydrogens is 150 g/mol. The van der Waals surface area contributed by atoms with E-state index in [2.05, 4.69) is 25.3 Å². The minimum atomic E-state index is -0.991. The molecule has 1 nitrogen and oxygen atoms in total. The highest BCUT2D eigenvalue weighted by atomic mass is 35.6. The fourth-order valence-corrected chi connectivity index (χ4v) is 3.01. The molecule has 3 heteroatoms. The third-order valence-electron chi connectivity index (χ3n) is 1.55. The van der Waals surface area contributed by atoms with Gasteiger partial charge in [-0.15, -0.1) is 0 Å². The van der Waals surface area contributed by atoms with E-state index < -0.39 is 8.27 Å². The van der Waals surface area contributed by atoms with Gasteiger partial charge in [0.25, 0.3) is 0 Å². The fraction of sp³-hybridized carbons (Fsp3) is 1.00. The van der Waals surface area contributed by atoms with Crippen LogP contribution in [0.3, 0.4) is 0 Å². The Morgan fingerprint density at radius 3 is 1.78 bits per heavy atom. The Hall–Kier alpha value is 0.467. The molecular formula is C6H16ClNSi. The highest BCUT2D eigenvalue weighted by Gasteiger charge is 2.10. The highest BCUT2D eigenvalue weighted by molar-refractivity contribution is 7.05. The molecule has 0 N–H and O–H groups in total. The summed E-state index contributed by atoms with van der Waals surface area (Å²) in [6.07, 6.45) is 0. The van der Waals surface area contributed by atoms with Crippen molar-refractivity contribution in [1.29, 1.82) is 0 Å². The van der Waals surface area contributed by atoms with Crippen molar-refractivity contribution in [2.24, 2.45) is 0 Å². The molecule has 0 saturated carbocycles. The van der Waals surface area contributed by atoms with Crippen LogP contribution in [0.1, 0.15) is 20.8 Å². The van der Waals surface area contributed by atoms with E-state index in [1.807, 2.05) is 0 Å². The third kappa shape index (κ3) is 3.23. The molecule has 1 unspecified atom stereocenters. The maximum absolute atomic E-state index is 6.10. The van der Waals surface area contributed by atoms with Crippen LogP contribution in [0.5, 0.6) is 0 Å². The Morgan fingerprint density at radius 2 is 1.67 bits per heavy atom. The van der Waals surface area contributed by atoms with E-state index in [1.54, 1.807) is 0 Å². The van der Waals surface area contributed by atoms with Crippen molar-refractivity contribution in [1.82, 2.24) is 4.57 Å². The van der Waals surface area contributed by atoms with Crippen molar-refractivity contribution in [2.75, 3.05) is 13.1 Å². The van der Waals surface area contributed by atoms with Crippen molar-refractivity contribution in [3.8, 4) is 0 Å². The highest BCUT2D eigenvalue weighted by Crippen LogP contribution is 2.03. The van der Waals surface area contributed by atoms with Gasteiger partial charge in [0, 0.05) is 0 Å². The van der Waals surface area contributed by atoms with Crippen molar-refractivity contribution >= 4 is 19.3 Å². The van der Waals surface area contributed by atoms with Crippen LogP contribution in [-0.2, 0) is 0 Å². The quantitative estimate of drug-likeness (QED) is 0.454. The van der Waals surface area contributed by atoms with E-state index in [0.29, 0.717) is 0 Å². The zero-order valence-electron chi connectivity index (χ0n) is 6.52. The number of rotatable bonds is 4. The zero-order valence-corrected chi connectivity index (χ0v) is 8.43. The van der Waals surface area contributed by atoms with Crippen molar-refractivity contribution in [3.63, 3.8) is 0 Å². The van der Waals surface area contributed by atoms with E-state index in [1.165, 1.54) is 6.04 Å². The molecule has 0 aromatic carbocycles. The van der Waals surface area contributed by atoms with Crippen LogP contribution in [0.15, 0.2) is 0 Å². The van der Waals surface area contributed by atoms with Crippen LogP contribution in [0, 0.1) is 0 Å². The van der Waals surface area contributed by atoms with Gasteiger partial charge in [0.2, 0.25) is 8.27 Å². The largest absolute Gasteiger partial charge is 0.315 e. The second-order valence-electron chi connectivity index (χ2n) is 2.06. The normalized spacial score (nSPS) is 14.3. The Morgan fingerprint density at radius 1 is 1.22 bits per heavy atom. The average Bonchev–Trinajstić information content (AvgIpc) is 1.90. The molecule has 0 aliphatic rings. The van der Waals surface area contributed by atoms with Gasteiger partial charge in [-0.2, -0.15) is 11.1 Å². The summed E-state index contributed by atoms with van der Waals surface area (Å²) in [7, 11) is -0.991. The molecule has 9 heavy (non-hydrogen) atoms. The summed E-state index contributed by atoms with van der Waals surface area (Å²) in [4.78, 5) is 0. The summed E-state index contributed by atoms with van der Waals surface area (Å²) in [5, 5.41) is 0. The standard InChI is InChI=1S/C6H16ClNSi/c1-4-8(5-2)9(7)6-3/h9H,4-6H2,1-3H3. The number of halogens is 1. The third-order valence-corrected chi connectivity index (χ3v) is 5.50. The molecule has 0 bridgehead atoms. The van der Waals surface area contributed by atoms with Gasteiger partial charge in [-0.05, 0) is 19.1 Å². The first-order valence-electron chi connectivity index (χ1n) is 3.64. The smallest absolute Gasteiger partial charge is 0.213 e. The Bertz CT molecular complexity index is 66.1. The molecule has 0 amide bonds. The lowest BCUT2D eigenvalue weighted by molar-refractivity contribution is 0.488. The van der Waals surface area contributed by atoms with Crippen LogP contribution in [0.2, 0.25) is 6.04 Å². The molecule has 0 aliphatic heterocycles. The molecule has 0 rings (SSSR count). The van der Waals surface area contributed by atoms with Gasteiger partial charge in [0.1, 0.15) is 0 Å². The first-order chi connectivity index (χ1) is 4.26. The lowest BCUT2D eigenvalue weighted by Crippen LogP contribution is -2.34. The lowest BCUT2D eigenvalue weighted by atomic mass is 10.7. The fourth-order valence-electron chi connectivity index (χ4n) is 0.878. The maximum atomic E-state index is 6.10. The number of hydrogen-bond donors (Lipinski definition) is 0. The predicted molar refractivity (Wildman–Crippen MR) is 46.4 cm³/mol. The van der Waals surface area contributed by atoms with Gasteiger partial charge in [0.15, 0.2) is 0 Å². The summed E-state index contributed by atoms with van der Waals surface area (Å²) in [6.45, 7) is 8.74. The predicted octanol–water partition coefficient (Wildman–Crippen LogP) is 1.81. The van der Waals surface area contributed by atoms with Gasteiger partial charge >= 0.3 is 0 Å². The molecule has 56 valence electrons. The van der Waals surface area contributed by atoms with Crippen molar-refractivity contribution in [2.45, 2.75) is 26.8 Å². The second kappa shape index (κ2) is 5.27. The summed E-state index contributed by atoms with van der Waals surface area (Å²) in [6, 6.07) is 1.17. The minimum absolute atomic E-state index is 0.991. The number of hydrogen-bond acceptors (Lipinski definition) is 1. The molecule has 0 radical (unpaired) electrons. The molecule has 0 fully saturated rings. The molecule has 0 spiro atoms. The van der Waals surface area contributed by atoms with E-state index in [9.17, 15) is 0 Å². The van der Waals surface area contributed by atoms with Gasteiger partial charge in [-0.25, -0.2) is 0 Å². The average molecular weight is 166 g/mol. The van der Waals surface area contributed by atoms with Gasteiger partial charge in [0.05, 0.1) is 0 Å². The van der Waals surface area contributed by atoms with Crippen LogP contribution >= 0.6 is 11.1 Å². The Labute approximate surface area is 64.4 Å². The molecule has 0 aromatic rings. The van der Waals surface area contributed by atoms with Crippen molar-refractivity contribution in [3.05, 3.63) is 0 Å². The van der Waals surface area contributed by atoms with Crippen LogP contribution in [-0.4, -0.2) is 25.9 Å². The van der Waals surface area contributed by atoms with Crippen LogP contribution in [0.25, 0.3) is 0 Å². The minimum Gasteiger partial charge on any atom is -0.315 e. The monoisotopic (exact) mass is 165 g/mol. The van der Waals surface area contributed by atoms with E-state index >= 15 is 0 Å². The van der Waals surface area contributed by atoms with Gasteiger partial charge in [-0.3, -0.25) is 0 Å². The van der Waals surface area contributed by atoms with E-state index in [0.717, 1.165) is 13.1 Å². The van der Waals surface area contributed by atoms with Gasteiger partial charge < -0.3 is 4.57 Å². The molecule has 0 aromatic heterocycles. The van der Waals surface area contributed by atoms with Gasteiger partial charge in [-0.1, -0.05) is 20.8 Å². The van der Waals surface area contributed by atoms with Crippen molar-refractivity contribution < 1.29 is 0 Å². The Balaban J connectivity index is 3.50. The molecule has 0 aliphatic carbocycles. The first kappa shape index (κ1) is 9.47. The summed E-state index contributed by atoms with van der Waals surface area (Å²) >= 11 is 6.10. The Kier molecular flexibility index (Phi) is 5.54. The molecule has 0 heterocycles. The second-order valence-corrected chi connectivity index (χ2v) is 5.99.